The number of phenolic OH excluding ortho intramolecular Hbond substituents is 2. The molecule has 0 aliphatic rings. The Labute approximate surface area is 157 Å². The van der Waals surface area contributed by atoms with Gasteiger partial charge in [-0.15, -0.1) is 0 Å². The quantitative estimate of drug-likeness (QED) is 0.648. The molecule has 0 aliphatic carbocycles. The third-order valence-electron chi connectivity index (χ3n) is 3.93. The molecule has 0 bridgehead atoms. The first kappa shape index (κ1) is 18.4. The highest BCUT2D eigenvalue weighted by Crippen LogP contribution is 2.26. The van der Waals surface area contributed by atoms with Crippen LogP contribution in [0.25, 0.3) is 11.3 Å². The second kappa shape index (κ2) is 8.31. The van der Waals surface area contributed by atoms with Crippen LogP contribution in [0.15, 0.2) is 54.7 Å². The summed E-state index contributed by atoms with van der Waals surface area (Å²) < 4.78 is 5.05. The Balaban J connectivity index is 1.82. The summed E-state index contributed by atoms with van der Waals surface area (Å²) >= 11 is 0. The first-order chi connectivity index (χ1) is 13.1. The molecule has 0 saturated heterocycles. The van der Waals surface area contributed by atoms with Crippen LogP contribution in [0.2, 0.25) is 0 Å². The van der Waals surface area contributed by atoms with Gasteiger partial charge in [0.15, 0.2) is 0 Å². The number of phenols is 2. The van der Waals surface area contributed by atoms with Gasteiger partial charge < -0.3 is 14.9 Å². The van der Waals surface area contributed by atoms with Gasteiger partial charge in [0.05, 0.1) is 12.3 Å². The van der Waals surface area contributed by atoms with Crippen LogP contribution < -0.4 is 0 Å². The Morgan fingerprint density at radius 3 is 2.70 bits per heavy atom. The molecule has 2 aromatic carbocycles. The molecule has 0 atom stereocenters. The lowest BCUT2D eigenvalue weighted by Gasteiger charge is -2.08. The third kappa shape index (κ3) is 4.61. The number of aromatic nitrogens is 2. The smallest absolute Gasteiger partial charge is 0.341 e. The lowest BCUT2D eigenvalue weighted by molar-refractivity contribution is 0.0502. The van der Waals surface area contributed by atoms with Crippen LogP contribution in [0.3, 0.4) is 0 Å². The van der Waals surface area contributed by atoms with Gasteiger partial charge in [0.1, 0.15) is 22.9 Å². The molecule has 0 radical (unpaired) electrons. The van der Waals surface area contributed by atoms with Crippen molar-refractivity contribution in [3.8, 4) is 22.8 Å². The van der Waals surface area contributed by atoms with Crippen LogP contribution in [-0.2, 0) is 11.2 Å². The number of rotatable bonds is 6. The van der Waals surface area contributed by atoms with Gasteiger partial charge in [-0.05, 0) is 42.3 Å². The van der Waals surface area contributed by atoms with Crippen LogP contribution in [0.4, 0.5) is 0 Å². The summed E-state index contributed by atoms with van der Waals surface area (Å²) in [7, 11) is 0. The lowest BCUT2D eigenvalue weighted by atomic mass is 10.1. The number of ether oxygens (including phenoxy) is 1. The Morgan fingerprint density at radius 1 is 1.11 bits per heavy atom. The van der Waals surface area contributed by atoms with Crippen molar-refractivity contribution in [2.24, 2.45) is 0 Å². The first-order valence-electron chi connectivity index (χ1n) is 8.67. The molecule has 6 heteroatoms. The molecule has 0 aliphatic heterocycles. The van der Waals surface area contributed by atoms with Gasteiger partial charge in [-0.25, -0.2) is 14.8 Å². The monoisotopic (exact) mass is 364 g/mol. The molecule has 138 valence electrons. The maximum absolute atomic E-state index is 11.9. The number of nitrogens with zero attached hydrogens (tertiary/aromatic N) is 2. The van der Waals surface area contributed by atoms with Crippen LogP contribution >= 0.6 is 0 Å². The Kier molecular flexibility index (Phi) is 5.66. The molecule has 3 aromatic rings. The van der Waals surface area contributed by atoms with Crippen LogP contribution in [0.1, 0.15) is 35.1 Å². The maximum Gasteiger partial charge on any atom is 0.341 e. The number of aromatic hydroxyl groups is 2. The highest BCUT2D eigenvalue weighted by atomic mass is 16.5. The van der Waals surface area contributed by atoms with Crippen LogP contribution in [0, 0.1) is 0 Å². The third-order valence-corrected chi connectivity index (χ3v) is 3.93. The highest BCUT2D eigenvalue weighted by Gasteiger charge is 2.14. The summed E-state index contributed by atoms with van der Waals surface area (Å²) in [6.07, 6.45) is 2.82. The normalized spacial score (nSPS) is 10.6. The number of esters is 1. The van der Waals surface area contributed by atoms with Crippen molar-refractivity contribution in [3.05, 3.63) is 71.7 Å². The molecule has 0 unspecified atom stereocenters. The van der Waals surface area contributed by atoms with E-state index in [4.69, 9.17) is 4.74 Å². The molecule has 0 fully saturated rings. The minimum absolute atomic E-state index is 0.126. The van der Waals surface area contributed by atoms with Crippen molar-refractivity contribution in [3.63, 3.8) is 0 Å². The molecule has 0 saturated carbocycles. The fraction of sp³-hybridized carbons (Fsp3) is 0.190. The Morgan fingerprint density at radius 2 is 1.96 bits per heavy atom. The van der Waals surface area contributed by atoms with Crippen LogP contribution in [-0.4, -0.2) is 32.8 Å². The number of carbonyl (C=O) groups is 1. The zero-order valence-corrected chi connectivity index (χ0v) is 14.9. The fourth-order valence-electron chi connectivity index (χ4n) is 2.63. The van der Waals surface area contributed by atoms with E-state index >= 15 is 0 Å². The van der Waals surface area contributed by atoms with E-state index in [2.05, 4.69) is 9.97 Å². The minimum Gasteiger partial charge on any atom is -0.508 e. The summed E-state index contributed by atoms with van der Waals surface area (Å²) in [5, 5.41) is 19.8. The topological polar surface area (TPSA) is 92.5 Å². The predicted molar refractivity (Wildman–Crippen MR) is 101 cm³/mol. The largest absolute Gasteiger partial charge is 0.508 e. The molecule has 27 heavy (non-hydrogen) atoms. The van der Waals surface area contributed by atoms with Crippen molar-refractivity contribution < 1.29 is 19.7 Å². The summed E-state index contributed by atoms with van der Waals surface area (Å²) in [5.74, 6) is 0.0815. The molecule has 0 amide bonds. The molecule has 0 spiro atoms. The summed E-state index contributed by atoms with van der Waals surface area (Å²) in [5.41, 5.74) is 2.31. The van der Waals surface area contributed by atoms with E-state index < -0.39 is 5.97 Å². The SMILES string of the molecule is CCCOC(=O)c1ccc(-c2ccnc(Cc3cccc(O)c3)n2)cc1O. The zero-order valence-electron chi connectivity index (χ0n) is 14.9. The van der Waals surface area contributed by atoms with Crippen molar-refractivity contribution in [2.75, 3.05) is 6.61 Å². The first-order valence-corrected chi connectivity index (χ1v) is 8.67. The number of hydrogen-bond acceptors (Lipinski definition) is 6. The average molecular weight is 364 g/mol. The molecular formula is C21H20N2O4. The van der Waals surface area contributed by atoms with Crippen molar-refractivity contribution in [1.29, 1.82) is 0 Å². The number of carbonyl (C=O) groups excluding carboxylic acids is 1. The van der Waals surface area contributed by atoms with Crippen molar-refractivity contribution >= 4 is 5.97 Å². The number of benzene rings is 2. The fourth-order valence-corrected chi connectivity index (χ4v) is 2.63. The van der Waals surface area contributed by atoms with Gasteiger partial charge in [-0.3, -0.25) is 0 Å². The maximum atomic E-state index is 11.9. The molecule has 3 rings (SSSR count). The molecular weight excluding hydrogens is 344 g/mol. The van der Waals surface area contributed by atoms with Gasteiger partial charge in [0.25, 0.3) is 0 Å². The Bertz CT molecular complexity index is 956. The van der Waals surface area contributed by atoms with E-state index in [1.54, 1.807) is 36.5 Å². The average Bonchev–Trinajstić information content (AvgIpc) is 2.66. The second-order valence-electron chi connectivity index (χ2n) is 6.07. The van der Waals surface area contributed by atoms with Gasteiger partial charge in [-0.1, -0.05) is 25.1 Å². The van der Waals surface area contributed by atoms with E-state index in [0.717, 1.165) is 5.56 Å². The van der Waals surface area contributed by atoms with Gasteiger partial charge in [0, 0.05) is 18.2 Å². The molecule has 1 heterocycles. The summed E-state index contributed by atoms with van der Waals surface area (Å²) in [6.45, 7) is 2.21. The summed E-state index contributed by atoms with van der Waals surface area (Å²) in [6, 6.07) is 13.4. The lowest BCUT2D eigenvalue weighted by Crippen LogP contribution is -2.06. The van der Waals surface area contributed by atoms with Gasteiger partial charge >= 0.3 is 5.97 Å². The molecule has 1 aromatic heterocycles. The minimum atomic E-state index is -0.548. The Hall–Kier alpha value is -3.41. The highest BCUT2D eigenvalue weighted by molar-refractivity contribution is 5.93. The molecule has 6 nitrogen and oxygen atoms in total. The summed E-state index contributed by atoms with van der Waals surface area (Å²) in [4.78, 5) is 20.7. The van der Waals surface area contributed by atoms with Crippen molar-refractivity contribution in [2.45, 2.75) is 19.8 Å². The van der Waals surface area contributed by atoms with E-state index in [-0.39, 0.29) is 17.1 Å². The van der Waals surface area contributed by atoms with E-state index in [0.29, 0.717) is 36.5 Å². The number of hydrogen-bond donors (Lipinski definition) is 2. The van der Waals surface area contributed by atoms with Crippen LogP contribution in [0.5, 0.6) is 11.5 Å². The van der Waals surface area contributed by atoms with Gasteiger partial charge in [0.2, 0.25) is 0 Å². The van der Waals surface area contributed by atoms with E-state index in [1.165, 1.54) is 12.1 Å². The van der Waals surface area contributed by atoms with Crippen molar-refractivity contribution in [1.82, 2.24) is 9.97 Å². The second-order valence-corrected chi connectivity index (χ2v) is 6.07. The standard InChI is InChI=1S/C21H20N2O4/c1-2-10-27-21(26)17-7-6-15(13-19(17)25)18-8-9-22-20(23-18)12-14-4-3-5-16(24)11-14/h3-9,11,13,24-25H,2,10,12H2,1H3. The van der Waals surface area contributed by atoms with Gasteiger partial charge in [-0.2, -0.15) is 0 Å². The zero-order chi connectivity index (χ0) is 19.2. The predicted octanol–water partition coefficient (Wildman–Crippen LogP) is 3.71. The van der Waals surface area contributed by atoms with E-state index in [1.807, 2.05) is 13.0 Å². The molecule has 2 N–H and O–H groups in total. The van der Waals surface area contributed by atoms with E-state index in [9.17, 15) is 15.0 Å².